The molecule has 4 rings (SSSR count). The number of aliphatic hydroxyl groups excluding tert-OH is 1. The Kier molecular flexibility index (Phi) is 19.1. The molecule has 0 bridgehead atoms. The van der Waals surface area contributed by atoms with Crippen LogP contribution in [0, 0.1) is 0 Å². The number of ether oxygens (including phenoxy) is 8. The van der Waals surface area contributed by atoms with E-state index in [0.29, 0.717) is 60.2 Å². The molecule has 13 heteroatoms. The van der Waals surface area contributed by atoms with Crippen LogP contribution in [0.5, 0.6) is 34.5 Å². The third-order valence-electron chi connectivity index (χ3n) is 9.98. The van der Waals surface area contributed by atoms with Gasteiger partial charge < -0.3 is 47.4 Å². The highest BCUT2D eigenvalue weighted by Crippen LogP contribution is 2.41. The van der Waals surface area contributed by atoms with Crippen LogP contribution in [0.1, 0.15) is 57.6 Å². The van der Waals surface area contributed by atoms with Crippen molar-refractivity contribution in [1.82, 2.24) is 0 Å². The van der Waals surface area contributed by atoms with E-state index in [-0.39, 0.29) is 30.0 Å². The Balaban J connectivity index is 0.000000375. The zero-order valence-corrected chi connectivity index (χ0v) is 37.4. The van der Waals surface area contributed by atoms with E-state index in [1.165, 1.54) is 24.6 Å². The van der Waals surface area contributed by atoms with E-state index in [4.69, 9.17) is 37.6 Å². The summed E-state index contributed by atoms with van der Waals surface area (Å²) in [5.74, 6) is 2.68. The number of methoxy groups -OCH3 is 8. The summed E-state index contributed by atoms with van der Waals surface area (Å²) in [6.07, 6.45) is 1.31. The molecule has 0 amide bonds. The van der Waals surface area contributed by atoms with Crippen molar-refractivity contribution in [3.05, 3.63) is 96.1 Å². The molecular weight excluding hydrogens is 773 g/mol. The molecule has 4 aromatic rings. The van der Waals surface area contributed by atoms with Gasteiger partial charge in [0.05, 0.1) is 81.9 Å². The lowest BCUT2D eigenvalue weighted by atomic mass is 10.0. The van der Waals surface area contributed by atoms with Crippen molar-refractivity contribution < 1.29 is 57.0 Å². The lowest BCUT2D eigenvalue weighted by Gasteiger charge is -2.45. The smallest absolute Gasteiger partial charge is 0.308 e. The van der Waals surface area contributed by atoms with E-state index in [0.717, 1.165) is 11.1 Å². The number of aryl methyl sites for hydroxylation is 2. The molecule has 2 unspecified atom stereocenters. The maximum atomic E-state index is 12.6. The quantitative estimate of drug-likeness (QED) is 0.0748. The maximum Gasteiger partial charge on any atom is 0.308 e. The third kappa shape index (κ3) is 12.9. The van der Waals surface area contributed by atoms with Gasteiger partial charge in [-0.2, -0.15) is 0 Å². The van der Waals surface area contributed by atoms with Gasteiger partial charge in [0.1, 0.15) is 0 Å². The highest BCUT2D eigenvalue weighted by Gasteiger charge is 2.51. The molecule has 0 aliphatic carbocycles. The van der Waals surface area contributed by atoms with Crippen LogP contribution in [0.15, 0.2) is 84.9 Å². The minimum atomic E-state index is -2.86. The molecule has 0 radical (unpaired) electrons. The number of carbonyl (C=O) groups is 2. The van der Waals surface area contributed by atoms with E-state index in [1.807, 2.05) is 36.4 Å². The van der Waals surface area contributed by atoms with Gasteiger partial charge >= 0.3 is 11.9 Å². The number of rotatable bonds is 20. The maximum absolute atomic E-state index is 12.6. The number of hydrogen-bond donors (Lipinski definition) is 1. The van der Waals surface area contributed by atoms with E-state index in [2.05, 4.69) is 74.0 Å². The van der Waals surface area contributed by atoms with Gasteiger partial charge in [0.15, 0.2) is 23.0 Å². The second-order valence-corrected chi connectivity index (χ2v) is 19.0. The summed E-state index contributed by atoms with van der Waals surface area (Å²) in [4.78, 5) is 23.7. The van der Waals surface area contributed by atoms with Crippen LogP contribution < -0.4 is 38.8 Å². The Labute approximate surface area is 350 Å². The number of carbonyl (C=O) groups excluding carboxylic acids is 2. The van der Waals surface area contributed by atoms with Crippen LogP contribution in [0.4, 0.5) is 0 Å². The fourth-order valence-corrected chi connectivity index (χ4v) is 11.7. The Morgan fingerprint density at radius 2 is 0.932 bits per heavy atom. The molecule has 0 aliphatic heterocycles. The van der Waals surface area contributed by atoms with Crippen molar-refractivity contribution in [2.75, 3.05) is 56.9 Å². The second-order valence-electron chi connectivity index (χ2n) is 14.8. The van der Waals surface area contributed by atoms with Crippen LogP contribution in [0.2, 0.25) is 5.04 Å². The zero-order chi connectivity index (χ0) is 43.6. The summed E-state index contributed by atoms with van der Waals surface area (Å²) < 4.78 is 49.2. The first-order valence-electron chi connectivity index (χ1n) is 19.4. The average molecular weight is 835 g/mol. The summed E-state index contributed by atoms with van der Waals surface area (Å²) in [6.45, 7) is 6.69. The molecule has 0 saturated carbocycles. The minimum Gasteiger partial charge on any atom is -0.493 e. The van der Waals surface area contributed by atoms with Gasteiger partial charge in [-0.1, -0.05) is 81.4 Å². The first kappa shape index (κ1) is 48.1. The van der Waals surface area contributed by atoms with Crippen molar-refractivity contribution in [3.63, 3.8) is 0 Å². The van der Waals surface area contributed by atoms with Crippen LogP contribution in [0.3, 0.4) is 0 Å². The standard InChI is InChI=1S/C31H40O6Si.C15H22O6/c1-31(2,3)38(25-14-10-8-11-15-25,26-16-12-9-13-17-26)37-24(22-29(32)35-6)19-18-23-20-27(33-4)30(36-7)28(21-23)34-5;1-18-12-7-10(8-13(19-2)15(12)21-4)5-6-11(16)9-14(17)20-3/h8-17,20-21,24H,18-19,22H2,1-7H3;7-8,11,16H,5-6,9H2,1-4H3. The Hall–Kier alpha value is -5.24. The Morgan fingerprint density at radius 1 is 0.559 bits per heavy atom. The van der Waals surface area contributed by atoms with Crippen molar-refractivity contribution >= 4 is 30.6 Å². The molecule has 322 valence electrons. The second kappa shape index (κ2) is 23.4. The van der Waals surface area contributed by atoms with Crippen molar-refractivity contribution in [1.29, 1.82) is 0 Å². The van der Waals surface area contributed by atoms with Gasteiger partial charge in [0.25, 0.3) is 8.32 Å². The topological polar surface area (TPSA) is 137 Å². The largest absolute Gasteiger partial charge is 0.493 e. The van der Waals surface area contributed by atoms with E-state index in [9.17, 15) is 14.7 Å². The molecule has 0 aliphatic rings. The number of benzene rings is 4. The SMILES string of the molecule is COC(=O)CC(CCc1cc(OC)c(OC)c(OC)c1)O[Si](c1ccccc1)(c1ccccc1)C(C)(C)C.COC(=O)CC(O)CCc1cc(OC)c(OC)c(OC)c1. The first-order valence-corrected chi connectivity index (χ1v) is 21.3. The normalized spacial score (nSPS) is 12.2. The van der Waals surface area contributed by atoms with Gasteiger partial charge in [0, 0.05) is 0 Å². The number of aliphatic hydroxyl groups is 1. The minimum absolute atomic E-state index is 0.0130. The molecular formula is C46H62O12Si. The molecule has 12 nitrogen and oxygen atoms in total. The van der Waals surface area contributed by atoms with E-state index in [1.54, 1.807) is 42.7 Å². The van der Waals surface area contributed by atoms with Crippen molar-refractivity contribution in [2.24, 2.45) is 0 Å². The van der Waals surface area contributed by atoms with Gasteiger partial charge in [-0.25, -0.2) is 0 Å². The molecule has 0 spiro atoms. The predicted molar refractivity (Wildman–Crippen MR) is 231 cm³/mol. The van der Waals surface area contributed by atoms with Crippen LogP contribution in [-0.4, -0.2) is 94.4 Å². The van der Waals surface area contributed by atoms with Gasteiger partial charge in [0.2, 0.25) is 11.5 Å². The lowest BCUT2D eigenvalue weighted by molar-refractivity contribution is -0.143. The molecule has 2 atom stereocenters. The van der Waals surface area contributed by atoms with Gasteiger partial charge in [-0.15, -0.1) is 0 Å². The summed E-state index contributed by atoms with van der Waals surface area (Å²) in [5, 5.41) is 11.9. The predicted octanol–water partition coefficient (Wildman–Crippen LogP) is 6.72. The summed E-state index contributed by atoms with van der Waals surface area (Å²) >= 11 is 0. The first-order chi connectivity index (χ1) is 28.2. The van der Waals surface area contributed by atoms with Crippen molar-refractivity contribution in [2.45, 2.75) is 76.5 Å². The Morgan fingerprint density at radius 3 is 1.27 bits per heavy atom. The van der Waals surface area contributed by atoms with E-state index >= 15 is 0 Å². The average Bonchev–Trinajstić information content (AvgIpc) is 3.25. The van der Waals surface area contributed by atoms with E-state index < -0.39 is 20.4 Å². The molecule has 1 N–H and O–H groups in total. The summed E-state index contributed by atoms with van der Waals surface area (Å²) in [5.41, 5.74) is 1.92. The fourth-order valence-electron chi connectivity index (χ4n) is 7.01. The zero-order valence-electron chi connectivity index (χ0n) is 36.4. The molecule has 0 saturated heterocycles. The third-order valence-corrected chi connectivity index (χ3v) is 15.1. The number of hydrogen-bond acceptors (Lipinski definition) is 12. The molecule has 59 heavy (non-hydrogen) atoms. The monoisotopic (exact) mass is 834 g/mol. The van der Waals surface area contributed by atoms with Gasteiger partial charge in [-0.05, 0) is 76.5 Å². The summed E-state index contributed by atoms with van der Waals surface area (Å²) in [7, 11) is 9.30. The molecule has 0 fully saturated rings. The van der Waals surface area contributed by atoms with Crippen LogP contribution in [-0.2, 0) is 36.3 Å². The lowest BCUT2D eigenvalue weighted by Crippen LogP contribution is -2.67. The highest BCUT2D eigenvalue weighted by molar-refractivity contribution is 6.99. The highest BCUT2D eigenvalue weighted by atomic mass is 28.4. The fraction of sp³-hybridized carbons (Fsp3) is 0.435. The summed E-state index contributed by atoms with van der Waals surface area (Å²) in [6, 6.07) is 28.4. The van der Waals surface area contributed by atoms with Crippen LogP contribution in [0.25, 0.3) is 0 Å². The molecule has 0 aromatic heterocycles. The molecule has 4 aromatic carbocycles. The Bertz CT molecular complexity index is 1810. The van der Waals surface area contributed by atoms with Crippen molar-refractivity contribution in [3.8, 4) is 34.5 Å². The number of esters is 2. The van der Waals surface area contributed by atoms with Gasteiger partial charge in [-0.3, -0.25) is 9.59 Å². The molecule has 0 heterocycles. The van der Waals surface area contributed by atoms with Crippen LogP contribution >= 0.6 is 0 Å².